The van der Waals surface area contributed by atoms with E-state index >= 15 is 0 Å². The molecule has 0 saturated carbocycles. The van der Waals surface area contributed by atoms with Crippen LogP contribution in [0.2, 0.25) is 0 Å². The summed E-state index contributed by atoms with van der Waals surface area (Å²) in [6.07, 6.45) is 4.45. The highest BCUT2D eigenvalue weighted by Crippen LogP contribution is 2.18. The Morgan fingerprint density at radius 1 is 1.42 bits per heavy atom. The molecule has 1 aliphatic heterocycles. The molecule has 1 heterocycles. The summed E-state index contributed by atoms with van der Waals surface area (Å²) in [7, 11) is 0. The van der Waals surface area contributed by atoms with E-state index < -0.39 is 0 Å². The van der Waals surface area contributed by atoms with Crippen molar-refractivity contribution in [3.05, 3.63) is 0 Å². The van der Waals surface area contributed by atoms with Crippen molar-refractivity contribution in [1.82, 2.24) is 4.90 Å². The third kappa shape index (κ3) is 2.73. The summed E-state index contributed by atoms with van der Waals surface area (Å²) in [4.78, 5) is 2.23. The largest absolute Gasteiger partial charge is 0.396 e. The molecule has 0 spiro atoms. The summed E-state index contributed by atoms with van der Waals surface area (Å²) >= 11 is 0. The minimum atomic E-state index is -0.0120. The van der Waals surface area contributed by atoms with Crippen molar-refractivity contribution in [2.45, 2.75) is 31.7 Å². The van der Waals surface area contributed by atoms with Gasteiger partial charge in [0, 0.05) is 19.2 Å². The first-order chi connectivity index (χ1) is 5.88. The Morgan fingerprint density at radius 3 is 2.92 bits per heavy atom. The van der Waals surface area contributed by atoms with Gasteiger partial charge in [-0.3, -0.25) is 4.90 Å². The molecule has 0 bridgehead atoms. The summed E-state index contributed by atoms with van der Waals surface area (Å²) in [6.45, 7) is 1.94. The van der Waals surface area contributed by atoms with Crippen molar-refractivity contribution < 1.29 is 10.2 Å². The maximum atomic E-state index is 10.4. The second kappa shape index (κ2) is 5.51. The Labute approximate surface area is 74.0 Å². The molecule has 1 radical (unpaired) electrons. The molecule has 1 saturated heterocycles. The van der Waals surface area contributed by atoms with Crippen LogP contribution in [0.4, 0.5) is 0 Å². The normalized spacial score (nSPS) is 26.0. The Morgan fingerprint density at radius 2 is 2.25 bits per heavy atom. The molecular formula is C9H18NO2. The average molecular weight is 172 g/mol. The van der Waals surface area contributed by atoms with Crippen LogP contribution in [-0.2, 0) is 5.11 Å². The SMILES string of the molecule is [O]CCN1CCCC[C@@H]1CCO. The molecule has 0 unspecified atom stereocenters. The van der Waals surface area contributed by atoms with Crippen molar-refractivity contribution >= 4 is 0 Å². The highest BCUT2D eigenvalue weighted by molar-refractivity contribution is 4.76. The van der Waals surface area contributed by atoms with Crippen molar-refractivity contribution in [2.75, 3.05) is 26.3 Å². The number of aliphatic hydroxyl groups is 1. The number of aliphatic hydroxyl groups excluding tert-OH is 1. The molecule has 71 valence electrons. The van der Waals surface area contributed by atoms with Gasteiger partial charge in [-0.1, -0.05) is 6.42 Å². The lowest BCUT2D eigenvalue weighted by Gasteiger charge is -2.34. The number of hydrogen-bond acceptors (Lipinski definition) is 2. The van der Waals surface area contributed by atoms with Gasteiger partial charge in [0.1, 0.15) is 0 Å². The van der Waals surface area contributed by atoms with E-state index in [1.807, 2.05) is 0 Å². The van der Waals surface area contributed by atoms with Gasteiger partial charge >= 0.3 is 0 Å². The van der Waals surface area contributed by atoms with E-state index in [0.29, 0.717) is 12.6 Å². The Kier molecular flexibility index (Phi) is 4.58. The molecule has 12 heavy (non-hydrogen) atoms. The highest BCUT2D eigenvalue weighted by atomic mass is 16.3. The van der Waals surface area contributed by atoms with Gasteiger partial charge in [0.15, 0.2) is 0 Å². The van der Waals surface area contributed by atoms with Crippen molar-refractivity contribution in [3.8, 4) is 0 Å². The standard InChI is InChI=1S/C9H18NO2/c11-7-4-9-3-1-2-5-10(9)6-8-12/h9,11H,1-8H2/t9-/m1/s1. The lowest BCUT2D eigenvalue weighted by Crippen LogP contribution is -2.41. The molecule has 1 rings (SSSR count). The Balaban J connectivity index is 2.31. The molecule has 0 amide bonds. The maximum absolute atomic E-state index is 10.4. The zero-order valence-electron chi connectivity index (χ0n) is 7.54. The quantitative estimate of drug-likeness (QED) is 0.676. The van der Waals surface area contributed by atoms with Gasteiger partial charge in [-0.05, 0) is 25.8 Å². The molecule has 3 heteroatoms. The van der Waals surface area contributed by atoms with Crippen LogP contribution in [-0.4, -0.2) is 42.4 Å². The second-order valence-corrected chi connectivity index (χ2v) is 3.40. The van der Waals surface area contributed by atoms with Gasteiger partial charge in [0.2, 0.25) is 0 Å². The van der Waals surface area contributed by atoms with Crippen LogP contribution in [0.1, 0.15) is 25.7 Å². The topological polar surface area (TPSA) is 43.4 Å². The Hall–Kier alpha value is -0.120. The zero-order chi connectivity index (χ0) is 8.81. The molecule has 1 fully saturated rings. The van der Waals surface area contributed by atoms with E-state index in [1.54, 1.807) is 0 Å². The van der Waals surface area contributed by atoms with Gasteiger partial charge in [-0.2, -0.15) is 0 Å². The lowest BCUT2D eigenvalue weighted by molar-refractivity contribution is 0.0770. The van der Waals surface area contributed by atoms with E-state index in [1.165, 1.54) is 12.8 Å². The van der Waals surface area contributed by atoms with Gasteiger partial charge in [-0.25, -0.2) is 5.11 Å². The zero-order valence-corrected chi connectivity index (χ0v) is 7.54. The smallest absolute Gasteiger partial charge is 0.0949 e. The first-order valence-corrected chi connectivity index (χ1v) is 4.81. The predicted octanol–water partition coefficient (Wildman–Crippen LogP) is 0.654. The van der Waals surface area contributed by atoms with Crippen LogP contribution < -0.4 is 0 Å². The molecule has 1 N–H and O–H groups in total. The van der Waals surface area contributed by atoms with Crippen molar-refractivity contribution in [3.63, 3.8) is 0 Å². The first kappa shape index (κ1) is 9.96. The van der Waals surface area contributed by atoms with Crippen LogP contribution in [0.3, 0.4) is 0 Å². The molecule has 3 nitrogen and oxygen atoms in total. The fourth-order valence-corrected chi connectivity index (χ4v) is 1.95. The van der Waals surface area contributed by atoms with Crippen LogP contribution in [0.5, 0.6) is 0 Å². The molecule has 0 aliphatic carbocycles. The third-order valence-corrected chi connectivity index (χ3v) is 2.59. The van der Waals surface area contributed by atoms with E-state index in [2.05, 4.69) is 4.90 Å². The fourth-order valence-electron chi connectivity index (χ4n) is 1.95. The van der Waals surface area contributed by atoms with E-state index in [4.69, 9.17) is 5.11 Å². The second-order valence-electron chi connectivity index (χ2n) is 3.40. The Bertz CT molecular complexity index is 101. The molecule has 0 aromatic heterocycles. The number of likely N-dealkylation sites (tertiary alicyclic amines) is 1. The molecular weight excluding hydrogens is 154 g/mol. The van der Waals surface area contributed by atoms with E-state index in [0.717, 1.165) is 19.4 Å². The monoisotopic (exact) mass is 172 g/mol. The number of hydrogen-bond donors (Lipinski definition) is 1. The maximum Gasteiger partial charge on any atom is 0.0949 e. The van der Waals surface area contributed by atoms with Gasteiger partial charge in [-0.15, -0.1) is 0 Å². The summed E-state index contributed by atoms with van der Waals surface area (Å²) in [5.41, 5.74) is 0. The lowest BCUT2D eigenvalue weighted by atomic mass is 10.00. The number of rotatable bonds is 4. The molecule has 1 atom stereocenters. The fraction of sp³-hybridized carbons (Fsp3) is 1.00. The highest BCUT2D eigenvalue weighted by Gasteiger charge is 2.20. The van der Waals surface area contributed by atoms with Gasteiger partial charge in [0.25, 0.3) is 0 Å². The summed E-state index contributed by atoms with van der Waals surface area (Å²) in [5.74, 6) is 0. The first-order valence-electron chi connectivity index (χ1n) is 4.81. The summed E-state index contributed by atoms with van der Waals surface area (Å²) in [5, 5.41) is 19.2. The van der Waals surface area contributed by atoms with Crippen molar-refractivity contribution in [2.24, 2.45) is 0 Å². The summed E-state index contributed by atoms with van der Waals surface area (Å²) in [6, 6.07) is 0.470. The minimum Gasteiger partial charge on any atom is -0.396 e. The minimum absolute atomic E-state index is 0.0120. The van der Waals surface area contributed by atoms with E-state index in [-0.39, 0.29) is 13.2 Å². The third-order valence-electron chi connectivity index (χ3n) is 2.59. The van der Waals surface area contributed by atoms with Crippen LogP contribution in [0.15, 0.2) is 0 Å². The van der Waals surface area contributed by atoms with Crippen LogP contribution >= 0.6 is 0 Å². The number of nitrogens with zero attached hydrogens (tertiary/aromatic N) is 1. The van der Waals surface area contributed by atoms with Crippen LogP contribution in [0, 0.1) is 0 Å². The predicted molar refractivity (Wildman–Crippen MR) is 46.5 cm³/mol. The van der Waals surface area contributed by atoms with Crippen molar-refractivity contribution in [1.29, 1.82) is 0 Å². The van der Waals surface area contributed by atoms with Gasteiger partial charge in [0.05, 0.1) is 6.61 Å². The summed E-state index contributed by atoms with van der Waals surface area (Å²) < 4.78 is 0. The molecule has 0 aromatic carbocycles. The molecule has 0 aromatic rings. The average Bonchev–Trinajstić information content (AvgIpc) is 2.09. The number of piperidine rings is 1. The van der Waals surface area contributed by atoms with Crippen LogP contribution in [0.25, 0.3) is 0 Å². The molecule has 1 aliphatic rings. The van der Waals surface area contributed by atoms with E-state index in [9.17, 15) is 5.11 Å². The van der Waals surface area contributed by atoms with Gasteiger partial charge < -0.3 is 5.11 Å².